The van der Waals surface area contributed by atoms with Crippen molar-refractivity contribution in [3.8, 4) is 0 Å². The second kappa shape index (κ2) is 6.28. The molecule has 0 radical (unpaired) electrons. The van der Waals surface area contributed by atoms with Gasteiger partial charge in [-0.05, 0) is 34.6 Å². The Balaban J connectivity index is 3.26. The van der Waals surface area contributed by atoms with Crippen molar-refractivity contribution >= 4 is 11.6 Å². The molecule has 0 amide bonds. The highest BCUT2D eigenvalue weighted by Crippen LogP contribution is 2.28. The first kappa shape index (κ1) is 16.5. The third kappa shape index (κ3) is 4.25. The molecule has 1 aromatic rings. The SMILES string of the molecule is CCNc1nc(C)nc(N(CC(F)(F)F)C(C)C)c1C. The normalized spacial score (nSPS) is 11.8. The largest absolute Gasteiger partial charge is 0.405 e. The lowest BCUT2D eigenvalue weighted by atomic mass is 10.2. The van der Waals surface area contributed by atoms with Gasteiger partial charge in [-0.15, -0.1) is 0 Å². The van der Waals surface area contributed by atoms with E-state index >= 15 is 0 Å². The number of hydrogen-bond acceptors (Lipinski definition) is 4. The number of anilines is 2. The smallest absolute Gasteiger partial charge is 0.370 e. The first-order valence-electron chi connectivity index (χ1n) is 6.58. The summed E-state index contributed by atoms with van der Waals surface area (Å²) in [6, 6.07) is -0.306. The molecule has 1 heterocycles. The van der Waals surface area contributed by atoms with E-state index in [0.29, 0.717) is 29.6 Å². The van der Waals surface area contributed by atoms with Crippen LogP contribution in [0, 0.1) is 13.8 Å². The van der Waals surface area contributed by atoms with Gasteiger partial charge >= 0.3 is 6.18 Å². The number of nitrogens with zero attached hydrogens (tertiary/aromatic N) is 3. The van der Waals surface area contributed by atoms with Crippen LogP contribution in [0.15, 0.2) is 0 Å². The van der Waals surface area contributed by atoms with Crippen LogP contribution in [0.25, 0.3) is 0 Å². The zero-order valence-electron chi connectivity index (χ0n) is 12.5. The second-order valence-corrected chi connectivity index (χ2v) is 4.94. The molecule has 114 valence electrons. The van der Waals surface area contributed by atoms with Crippen LogP contribution >= 0.6 is 0 Å². The van der Waals surface area contributed by atoms with Crippen LogP contribution in [0.4, 0.5) is 24.8 Å². The van der Waals surface area contributed by atoms with Gasteiger partial charge in [-0.3, -0.25) is 0 Å². The predicted molar refractivity (Wildman–Crippen MR) is 74.2 cm³/mol. The second-order valence-electron chi connectivity index (χ2n) is 4.94. The molecule has 0 saturated carbocycles. The van der Waals surface area contributed by atoms with Crippen LogP contribution in [0.2, 0.25) is 0 Å². The lowest BCUT2D eigenvalue weighted by molar-refractivity contribution is -0.120. The van der Waals surface area contributed by atoms with Crippen LogP contribution in [-0.4, -0.2) is 35.3 Å². The molecule has 1 aromatic heterocycles. The summed E-state index contributed by atoms with van der Waals surface area (Å²) in [6.45, 7) is 8.39. The standard InChI is InChI=1S/C13H21F3N4/c1-6-17-11-9(4)12(19-10(5)18-11)20(8(2)3)7-13(14,15)16/h8H,6-7H2,1-5H3,(H,17,18,19). The average Bonchev–Trinajstić information content (AvgIpc) is 2.29. The van der Waals surface area contributed by atoms with Gasteiger partial charge in [0.05, 0.1) is 0 Å². The molecule has 0 aromatic carbocycles. The summed E-state index contributed by atoms with van der Waals surface area (Å²) in [7, 11) is 0. The Hall–Kier alpha value is -1.53. The van der Waals surface area contributed by atoms with E-state index in [4.69, 9.17) is 0 Å². The fourth-order valence-corrected chi connectivity index (χ4v) is 1.93. The van der Waals surface area contributed by atoms with Crippen molar-refractivity contribution in [2.45, 2.75) is 46.8 Å². The molecule has 1 rings (SSSR count). The quantitative estimate of drug-likeness (QED) is 0.903. The first-order valence-corrected chi connectivity index (χ1v) is 6.58. The molecule has 0 bridgehead atoms. The molecule has 0 fully saturated rings. The monoisotopic (exact) mass is 290 g/mol. The average molecular weight is 290 g/mol. The van der Waals surface area contributed by atoms with Gasteiger partial charge in [-0.1, -0.05) is 0 Å². The van der Waals surface area contributed by atoms with E-state index in [1.54, 1.807) is 27.7 Å². The van der Waals surface area contributed by atoms with Crippen molar-refractivity contribution in [1.29, 1.82) is 0 Å². The van der Waals surface area contributed by atoms with E-state index < -0.39 is 12.7 Å². The summed E-state index contributed by atoms with van der Waals surface area (Å²) >= 11 is 0. The van der Waals surface area contributed by atoms with E-state index in [0.717, 1.165) is 0 Å². The van der Waals surface area contributed by atoms with Gasteiger partial charge in [0.15, 0.2) is 0 Å². The van der Waals surface area contributed by atoms with Crippen LogP contribution in [0.1, 0.15) is 32.2 Å². The Morgan fingerprint density at radius 1 is 1.20 bits per heavy atom. The lowest BCUT2D eigenvalue weighted by Crippen LogP contribution is -2.40. The van der Waals surface area contributed by atoms with Gasteiger partial charge < -0.3 is 10.2 Å². The summed E-state index contributed by atoms with van der Waals surface area (Å²) in [5.74, 6) is 1.37. The maximum absolute atomic E-state index is 12.7. The molecular weight excluding hydrogens is 269 g/mol. The fourth-order valence-electron chi connectivity index (χ4n) is 1.93. The molecule has 0 aliphatic carbocycles. The Labute approximate surface area is 117 Å². The minimum atomic E-state index is -4.27. The van der Waals surface area contributed by atoms with Crippen molar-refractivity contribution in [3.63, 3.8) is 0 Å². The van der Waals surface area contributed by atoms with E-state index in [9.17, 15) is 13.2 Å². The van der Waals surface area contributed by atoms with Gasteiger partial charge in [0, 0.05) is 18.2 Å². The number of alkyl halides is 3. The zero-order valence-corrected chi connectivity index (χ0v) is 12.5. The zero-order chi connectivity index (χ0) is 15.5. The van der Waals surface area contributed by atoms with Gasteiger partial charge in [0.2, 0.25) is 0 Å². The molecule has 0 unspecified atom stereocenters. The Kier molecular flexibility index (Phi) is 5.19. The van der Waals surface area contributed by atoms with Crippen LogP contribution in [0.5, 0.6) is 0 Å². The van der Waals surface area contributed by atoms with Crippen molar-refractivity contribution in [2.24, 2.45) is 0 Å². The molecule has 0 aliphatic rings. The van der Waals surface area contributed by atoms with E-state index in [1.165, 1.54) is 4.90 Å². The summed E-state index contributed by atoms with van der Waals surface area (Å²) in [5.41, 5.74) is 0.635. The maximum Gasteiger partial charge on any atom is 0.405 e. The minimum Gasteiger partial charge on any atom is -0.370 e. The maximum atomic E-state index is 12.7. The van der Waals surface area contributed by atoms with E-state index in [-0.39, 0.29) is 6.04 Å². The molecule has 0 aliphatic heterocycles. The topological polar surface area (TPSA) is 41.1 Å². The van der Waals surface area contributed by atoms with Crippen molar-refractivity contribution < 1.29 is 13.2 Å². The van der Waals surface area contributed by atoms with Gasteiger partial charge in [0.25, 0.3) is 0 Å². The summed E-state index contributed by atoms with van der Waals surface area (Å²) in [5, 5.41) is 3.05. The van der Waals surface area contributed by atoms with E-state index in [2.05, 4.69) is 15.3 Å². The molecular formula is C13H21F3N4. The summed E-state index contributed by atoms with van der Waals surface area (Å²) < 4.78 is 38.2. The molecule has 0 saturated heterocycles. The Bertz CT molecular complexity index is 458. The molecule has 1 N–H and O–H groups in total. The molecule has 7 heteroatoms. The third-order valence-electron chi connectivity index (χ3n) is 2.82. The van der Waals surface area contributed by atoms with Gasteiger partial charge in [-0.25, -0.2) is 9.97 Å². The highest BCUT2D eigenvalue weighted by Gasteiger charge is 2.33. The number of rotatable bonds is 5. The molecule has 20 heavy (non-hydrogen) atoms. The summed E-state index contributed by atoms with van der Waals surface area (Å²) in [6.07, 6.45) is -4.27. The van der Waals surface area contributed by atoms with Crippen LogP contribution in [-0.2, 0) is 0 Å². The van der Waals surface area contributed by atoms with Crippen LogP contribution in [0.3, 0.4) is 0 Å². The lowest BCUT2D eigenvalue weighted by Gasteiger charge is -2.30. The van der Waals surface area contributed by atoms with Crippen molar-refractivity contribution in [2.75, 3.05) is 23.3 Å². The fraction of sp³-hybridized carbons (Fsp3) is 0.692. The Morgan fingerprint density at radius 3 is 2.25 bits per heavy atom. The third-order valence-corrected chi connectivity index (χ3v) is 2.82. The van der Waals surface area contributed by atoms with E-state index in [1.807, 2.05) is 6.92 Å². The van der Waals surface area contributed by atoms with Gasteiger partial charge in [0.1, 0.15) is 24.0 Å². The highest BCUT2D eigenvalue weighted by atomic mass is 19.4. The van der Waals surface area contributed by atoms with Crippen LogP contribution < -0.4 is 10.2 Å². The predicted octanol–water partition coefficient (Wildman–Crippen LogP) is 3.30. The molecule has 0 spiro atoms. The summed E-state index contributed by atoms with van der Waals surface area (Å²) in [4.78, 5) is 9.68. The number of nitrogens with one attached hydrogen (secondary N) is 1. The molecule has 0 atom stereocenters. The number of aryl methyl sites for hydroxylation is 1. The minimum absolute atomic E-state index is 0.306. The van der Waals surface area contributed by atoms with Gasteiger partial charge in [-0.2, -0.15) is 13.2 Å². The Morgan fingerprint density at radius 2 is 1.80 bits per heavy atom. The first-order chi connectivity index (χ1) is 9.15. The van der Waals surface area contributed by atoms with Crippen molar-refractivity contribution in [3.05, 3.63) is 11.4 Å². The van der Waals surface area contributed by atoms with Crippen molar-refractivity contribution in [1.82, 2.24) is 9.97 Å². The molecule has 4 nitrogen and oxygen atoms in total. The number of halogens is 3. The number of hydrogen-bond donors (Lipinski definition) is 1. The number of aromatic nitrogens is 2. The highest BCUT2D eigenvalue weighted by molar-refractivity contribution is 5.59.